The molecule has 90 heavy (non-hydrogen) atoms. The van der Waals surface area contributed by atoms with Crippen LogP contribution >= 0.6 is 23.1 Å². The monoisotopic (exact) mass is 1270 g/mol. The number of para-hydroxylation sites is 5. The number of fused-ring (bicyclic) bond motifs is 18. The van der Waals surface area contributed by atoms with Gasteiger partial charge in [0.15, 0.2) is 0 Å². The van der Waals surface area contributed by atoms with Crippen molar-refractivity contribution in [1.82, 2.24) is 24.1 Å². The summed E-state index contributed by atoms with van der Waals surface area (Å²) in [4.78, 5) is 16.8. The van der Waals surface area contributed by atoms with Crippen molar-refractivity contribution in [1.29, 1.82) is 0 Å². The molecule has 0 N–H and O–H groups in total. The second-order valence-corrected chi connectivity index (χ2v) is 31.9. The molecule has 1 unspecified atom stereocenters. The third-order valence-corrected chi connectivity index (χ3v) is 29.4. The van der Waals surface area contributed by atoms with Gasteiger partial charge in [-0.25, -0.2) is 0 Å². The molecule has 5 heterocycles. The van der Waals surface area contributed by atoms with Gasteiger partial charge in [-0.1, -0.05) is 12.1 Å². The van der Waals surface area contributed by atoms with Crippen molar-refractivity contribution >= 4 is 118 Å². The Labute approximate surface area is 564 Å². The standard InChI is InChI=1S/C82H51GeN5S2/c1-2-24-53(25-3-1)83(55-46-48-76-65(50-55)63-33-11-20-43-75(63)89-76,56-45-47-69-78(51-56)90-77-44-21-14-37-68(77)82(69)66-35-12-4-27-57(66)58-28-5-13-36-67(58)82)54-26-22-23-52(49-54)79-84-80(86-81(85-79)88-72-40-17-8-31-61(72)62-32-9-18-41-73(62)88)64-34-10-19-42-74(64)87-70-38-15-6-29-59(70)60-30-7-16-39-71(60)87/h1-51H/i6D,7D,8D,9D,10D,15D,16D,17D,18D,19D,22D,23D,26D,29D,30D,31D,32D,34D,38D,39D,40D,41D,42D,49D. The van der Waals surface area contributed by atoms with Crippen LogP contribution in [0.1, 0.15) is 55.2 Å². The number of hydrogen-bond donors (Lipinski definition) is 0. The molecule has 13 aromatic carbocycles. The molecule has 0 radical (unpaired) electrons. The minimum absolute atomic E-state index is 0.0389. The first-order valence-electron chi connectivity index (χ1n) is 40.7. The van der Waals surface area contributed by atoms with Gasteiger partial charge in [0.2, 0.25) is 0 Å². The topological polar surface area (TPSA) is 48.5 Å². The number of benzene rings is 13. The summed E-state index contributed by atoms with van der Waals surface area (Å²) in [5.41, 5.74) is 0.771. The Bertz CT molecular complexity index is 7110. The quantitative estimate of drug-likeness (QED) is 0.142. The van der Waals surface area contributed by atoms with Crippen molar-refractivity contribution in [2.24, 2.45) is 0 Å². The van der Waals surface area contributed by atoms with Crippen molar-refractivity contribution in [3.8, 4) is 45.5 Å². The van der Waals surface area contributed by atoms with Crippen LogP contribution in [0.25, 0.3) is 109 Å². The molecule has 0 saturated carbocycles. The normalized spacial score (nSPS) is 17.4. The summed E-state index contributed by atoms with van der Waals surface area (Å²) in [6, 6.07) is 34.4. The zero-order chi connectivity index (χ0) is 80.0. The van der Waals surface area contributed by atoms with Crippen LogP contribution in [-0.2, 0) is 5.41 Å². The van der Waals surface area contributed by atoms with Crippen molar-refractivity contribution in [2.75, 3.05) is 0 Å². The summed E-state index contributed by atoms with van der Waals surface area (Å²) in [5, 5.41) is -0.169. The molecule has 1 aliphatic carbocycles. The summed E-state index contributed by atoms with van der Waals surface area (Å²) in [6.07, 6.45) is 0. The predicted molar refractivity (Wildman–Crippen MR) is 377 cm³/mol. The summed E-state index contributed by atoms with van der Waals surface area (Å²) < 4.78 is 236. The van der Waals surface area contributed by atoms with Crippen LogP contribution < -0.4 is 17.6 Å². The predicted octanol–water partition coefficient (Wildman–Crippen LogP) is 18.0. The van der Waals surface area contributed by atoms with Gasteiger partial charge in [0.1, 0.15) is 0 Å². The Balaban J connectivity index is 0.991. The van der Waals surface area contributed by atoms with E-state index in [4.69, 9.17) is 25.9 Å². The van der Waals surface area contributed by atoms with Crippen LogP contribution in [0.4, 0.5) is 0 Å². The molecule has 5 nitrogen and oxygen atoms in total. The average molecular weight is 1270 g/mol. The molecule has 0 amide bonds. The Morgan fingerprint density at radius 3 is 1.61 bits per heavy atom. The number of aromatic nitrogens is 5. The fourth-order valence-corrected chi connectivity index (χ4v) is 25.9. The third-order valence-electron chi connectivity index (χ3n) is 17.5. The summed E-state index contributed by atoms with van der Waals surface area (Å²) in [6.45, 7) is 0. The minimum atomic E-state index is -5.56. The molecule has 1 spiro atoms. The molecule has 19 rings (SSSR count). The third kappa shape index (κ3) is 7.36. The van der Waals surface area contributed by atoms with E-state index >= 15 is 0 Å². The number of nitrogens with zero attached hydrogens (tertiary/aromatic N) is 5. The average Bonchev–Trinajstić information content (AvgIpc) is 1.56. The maximum atomic E-state index is 11.4. The van der Waals surface area contributed by atoms with Crippen LogP contribution in [-0.4, -0.2) is 37.4 Å². The molecule has 0 bridgehead atoms. The number of thiophene rings is 1. The summed E-state index contributed by atoms with van der Waals surface area (Å²) in [7, 11) is 0. The summed E-state index contributed by atoms with van der Waals surface area (Å²) in [5.74, 6) is -2.53. The van der Waals surface area contributed by atoms with Crippen LogP contribution in [0.3, 0.4) is 0 Å². The molecule has 17 aromatic rings. The van der Waals surface area contributed by atoms with Gasteiger partial charge < -0.3 is 0 Å². The number of hydrogen-bond acceptors (Lipinski definition) is 5. The number of rotatable bonds is 8. The van der Waals surface area contributed by atoms with E-state index in [2.05, 4.69) is 54.6 Å². The maximum absolute atomic E-state index is 11.4. The molecule has 0 saturated heterocycles. The summed E-state index contributed by atoms with van der Waals surface area (Å²) >= 11 is -2.43. The molecule has 8 heteroatoms. The van der Waals surface area contributed by atoms with Gasteiger partial charge in [0.05, 0.1) is 8.22 Å². The van der Waals surface area contributed by atoms with Gasteiger partial charge in [-0.15, -0.1) is 0 Å². The zero-order valence-electron chi connectivity index (χ0n) is 70.6. The molecule has 420 valence electrons. The van der Waals surface area contributed by atoms with E-state index in [1.165, 1.54) is 0 Å². The van der Waals surface area contributed by atoms with E-state index in [0.717, 1.165) is 72.5 Å². The van der Waals surface area contributed by atoms with Crippen LogP contribution in [0, 0.1) is 0 Å². The Hall–Kier alpha value is -10.4. The zero-order valence-corrected chi connectivity index (χ0v) is 50.4. The molecule has 2 aliphatic rings. The van der Waals surface area contributed by atoms with Crippen LogP contribution in [0.5, 0.6) is 0 Å². The molecule has 0 fully saturated rings. The molecule has 4 aromatic heterocycles. The first kappa shape index (κ1) is 33.2. The SMILES string of the molecule is [2H]c1c([2H])c([2H])c(-n2c3c([2H])c([2H])c([2H])c([2H])c3c3c([2H])c([2H])c([2H])c([2H])c32)c(-c2nc(-c3c([2H])c([2H])c([2H])[c]([Ge]([c]4ccccc4)([c]4ccc5c(c4)Sc4ccccc4C54c5ccccc5-c5ccccc54)[c]4ccc5sc6ccccc6c5c4)c3[2H])nc(-n3c4c([2H])c([2H])c([2H])c([2H])c4c4c([2H])c([2H])c([2H])c([2H])c43)n2)c1[2H]. The van der Waals surface area contributed by atoms with Gasteiger partial charge in [-0.2, -0.15) is 0 Å². The Morgan fingerprint density at radius 2 is 0.900 bits per heavy atom. The Morgan fingerprint density at radius 1 is 0.356 bits per heavy atom. The molecule has 1 atom stereocenters. The fraction of sp³-hybridized carbons (Fsp3) is 0.0122. The van der Waals surface area contributed by atoms with E-state index in [9.17, 15) is 21.9 Å². The van der Waals surface area contributed by atoms with E-state index in [0.29, 0.717) is 13.2 Å². The molecular formula is C82H51GeN5S2. The van der Waals surface area contributed by atoms with E-state index in [-0.39, 0.29) is 4.40 Å². The van der Waals surface area contributed by atoms with E-state index in [1.54, 1.807) is 23.1 Å². The van der Waals surface area contributed by atoms with Gasteiger partial charge >= 0.3 is 546 Å². The van der Waals surface area contributed by atoms with E-state index < -0.39 is 242 Å². The van der Waals surface area contributed by atoms with E-state index in [1.807, 2.05) is 109 Å². The first-order chi connectivity index (χ1) is 54.6. The van der Waals surface area contributed by atoms with Crippen molar-refractivity contribution in [3.05, 3.63) is 331 Å². The van der Waals surface area contributed by atoms with Crippen LogP contribution in [0.15, 0.2) is 319 Å². The van der Waals surface area contributed by atoms with Gasteiger partial charge in [-0.3, -0.25) is 0 Å². The van der Waals surface area contributed by atoms with Crippen molar-refractivity contribution in [3.63, 3.8) is 0 Å². The molecular weight excluding hydrogens is 1190 g/mol. The van der Waals surface area contributed by atoms with Crippen molar-refractivity contribution in [2.45, 2.75) is 15.2 Å². The first-order valence-corrected chi connectivity index (χ1v) is 34.5. The Kier molecular flexibility index (Phi) is 7.41. The second-order valence-electron chi connectivity index (χ2n) is 21.9. The van der Waals surface area contributed by atoms with Gasteiger partial charge in [0.25, 0.3) is 0 Å². The van der Waals surface area contributed by atoms with Crippen LogP contribution in [0.2, 0.25) is 0 Å². The molecule has 1 aliphatic heterocycles. The van der Waals surface area contributed by atoms with Gasteiger partial charge in [0, 0.05) is 0 Å². The van der Waals surface area contributed by atoms with Gasteiger partial charge in [-0.05, 0) is 0 Å². The fourth-order valence-electron chi connectivity index (χ4n) is 13.9. The van der Waals surface area contributed by atoms with Crippen molar-refractivity contribution < 1.29 is 32.9 Å². The second kappa shape index (κ2) is 20.1.